The van der Waals surface area contributed by atoms with E-state index in [2.05, 4.69) is 5.32 Å². The van der Waals surface area contributed by atoms with E-state index in [1.54, 1.807) is 0 Å². The van der Waals surface area contributed by atoms with Crippen LogP contribution < -0.4 is 5.32 Å². The van der Waals surface area contributed by atoms with Crippen molar-refractivity contribution in [2.75, 3.05) is 11.9 Å². The highest BCUT2D eigenvalue weighted by Gasteiger charge is 2.05. The largest absolute Gasteiger partial charge is 0.396 e. The van der Waals surface area contributed by atoms with Crippen molar-refractivity contribution >= 4 is 11.6 Å². The Balaban J connectivity index is 2.80. The van der Waals surface area contributed by atoms with E-state index < -0.39 is 0 Å². The van der Waals surface area contributed by atoms with E-state index in [0.717, 1.165) is 16.8 Å². The van der Waals surface area contributed by atoms with E-state index in [1.165, 1.54) is 0 Å². The average molecular weight is 193 g/mol. The molecule has 0 radical (unpaired) electrons. The Hall–Kier alpha value is -1.35. The number of aliphatic hydroxyl groups is 1. The summed E-state index contributed by atoms with van der Waals surface area (Å²) in [5, 5.41) is 11.4. The zero-order chi connectivity index (χ0) is 10.6. The van der Waals surface area contributed by atoms with Crippen molar-refractivity contribution in [3.05, 3.63) is 29.3 Å². The molecule has 0 aliphatic heterocycles. The lowest BCUT2D eigenvalue weighted by Gasteiger charge is -2.10. The topological polar surface area (TPSA) is 49.3 Å². The van der Waals surface area contributed by atoms with Crippen LogP contribution in [0.5, 0.6) is 0 Å². The third-order valence-electron chi connectivity index (χ3n) is 2.08. The second-order valence-corrected chi connectivity index (χ2v) is 3.29. The molecule has 1 aromatic carbocycles. The van der Waals surface area contributed by atoms with Crippen LogP contribution in [0.2, 0.25) is 0 Å². The van der Waals surface area contributed by atoms with Crippen LogP contribution in [0.15, 0.2) is 18.2 Å². The first kappa shape index (κ1) is 10.7. The van der Waals surface area contributed by atoms with Gasteiger partial charge in [-0.1, -0.05) is 18.2 Å². The first-order valence-electron chi connectivity index (χ1n) is 4.62. The minimum absolute atomic E-state index is 0.114. The quantitative estimate of drug-likeness (QED) is 0.766. The van der Waals surface area contributed by atoms with Crippen LogP contribution in [-0.2, 0) is 4.79 Å². The van der Waals surface area contributed by atoms with Crippen molar-refractivity contribution in [1.29, 1.82) is 0 Å². The maximum absolute atomic E-state index is 11.2. The number of hydrogen-bond donors (Lipinski definition) is 2. The molecule has 0 atom stereocenters. The van der Waals surface area contributed by atoms with Gasteiger partial charge in [0.25, 0.3) is 0 Å². The molecule has 0 bridgehead atoms. The number of anilines is 1. The van der Waals surface area contributed by atoms with Gasteiger partial charge in [0.15, 0.2) is 0 Å². The minimum atomic E-state index is -0.148. The Labute approximate surface area is 83.8 Å². The van der Waals surface area contributed by atoms with Crippen LogP contribution in [0, 0.1) is 13.8 Å². The van der Waals surface area contributed by atoms with Crippen molar-refractivity contribution < 1.29 is 9.90 Å². The standard InChI is InChI=1S/C11H15NO2/c1-8-4-3-5-9(2)11(8)12-10(14)6-7-13/h3-5,13H,6-7H2,1-2H3,(H,12,14). The van der Waals surface area contributed by atoms with Crippen LogP contribution in [0.1, 0.15) is 17.5 Å². The van der Waals surface area contributed by atoms with Gasteiger partial charge in [-0.05, 0) is 25.0 Å². The molecule has 1 amide bonds. The maximum atomic E-state index is 11.2. The molecule has 76 valence electrons. The third kappa shape index (κ3) is 2.57. The molecule has 0 aliphatic carbocycles. The molecular weight excluding hydrogens is 178 g/mol. The number of carbonyl (C=O) groups is 1. The van der Waals surface area contributed by atoms with E-state index in [-0.39, 0.29) is 18.9 Å². The molecule has 3 nitrogen and oxygen atoms in total. The summed E-state index contributed by atoms with van der Waals surface area (Å²) < 4.78 is 0. The number of aryl methyl sites for hydroxylation is 2. The number of rotatable bonds is 3. The van der Waals surface area contributed by atoms with E-state index in [0.29, 0.717) is 0 Å². The van der Waals surface area contributed by atoms with Crippen molar-refractivity contribution in [3.8, 4) is 0 Å². The Morgan fingerprint density at radius 2 is 1.93 bits per heavy atom. The molecule has 0 spiro atoms. The van der Waals surface area contributed by atoms with Crippen molar-refractivity contribution in [1.82, 2.24) is 0 Å². The van der Waals surface area contributed by atoms with Crippen LogP contribution in [0.25, 0.3) is 0 Å². The predicted molar refractivity (Wildman–Crippen MR) is 56.2 cm³/mol. The normalized spacial score (nSPS) is 9.93. The van der Waals surface area contributed by atoms with Gasteiger partial charge >= 0.3 is 0 Å². The van der Waals surface area contributed by atoms with Gasteiger partial charge in [0.2, 0.25) is 5.91 Å². The molecule has 0 aromatic heterocycles. The van der Waals surface area contributed by atoms with Crippen molar-refractivity contribution in [2.24, 2.45) is 0 Å². The lowest BCUT2D eigenvalue weighted by molar-refractivity contribution is -0.116. The van der Waals surface area contributed by atoms with Crippen LogP contribution >= 0.6 is 0 Å². The number of carbonyl (C=O) groups excluding carboxylic acids is 1. The smallest absolute Gasteiger partial charge is 0.226 e. The summed E-state index contributed by atoms with van der Waals surface area (Å²) in [6.45, 7) is 3.78. The molecule has 0 fully saturated rings. The highest BCUT2D eigenvalue weighted by Crippen LogP contribution is 2.19. The lowest BCUT2D eigenvalue weighted by atomic mass is 10.1. The van der Waals surface area contributed by atoms with Gasteiger partial charge in [-0.3, -0.25) is 4.79 Å². The first-order valence-corrected chi connectivity index (χ1v) is 4.62. The Kier molecular flexibility index (Phi) is 3.65. The summed E-state index contributed by atoms with van der Waals surface area (Å²) in [5.41, 5.74) is 2.93. The van der Waals surface area contributed by atoms with Crippen LogP contribution in [-0.4, -0.2) is 17.6 Å². The second kappa shape index (κ2) is 4.77. The zero-order valence-corrected chi connectivity index (χ0v) is 8.50. The highest BCUT2D eigenvalue weighted by molar-refractivity contribution is 5.92. The highest BCUT2D eigenvalue weighted by atomic mass is 16.3. The molecule has 2 N–H and O–H groups in total. The van der Waals surface area contributed by atoms with Gasteiger partial charge in [0.05, 0.1) is 13.0 Å². The molecular formula is C11H15NO2. The van der Waals surface area contributed by atoms with Gasteiger partial charge in [-0.25, -0.2) is 0 Å². The molecule has 0 unspecified atom stereocenters. The SMILES string of the molecule is Cc1cccc(C)c1NC(=O)CCO. The monoisotopic (exact) mass is 193 g/mol. The van der Waals surface area contributed by atoms with E-state index in [4.69, 9.17) is 5.11 Å². The Bertz CT molecular complexity index is 314. The first-order chi connectivity index (χ1) is 6.65. The number of aliphatic hydroxyl groups excluding tert-OH is 1. The summed E-state index contributed by atoms with van der Waals surface area (Å²) in [6.07, 6.45) is 0.147. The van der Waals surface area contributed by atoms with Gasteiger partial charge in [-0.2, -0.15) is 0 Å². The number of hydrogen-bond acceptors (Lipinski definition) is 2. The molecule has 0 saturated carbocycles. The fourth-order valence-electron chi connectivity index (χ4n) is 1.32. The number of amides is 1. The molecule has 0 saturated heterocycles. The van der Waals surface area contributed by atoms with E-state index in [9.17, 15) is 4.79 Å². The fourth-order valence-corrected chi connectivity index (χ4v) is 1.32. The third-order valence-corrected chi connectivity index (χ3v) is 2.08. The van der Waals surface area contributed by atoms with Gasteiger partial charge in [-0.15, -0.1) is 0 Å². The van der Waals surface area contributed by atoms with Crippen molar-refractivity contribution in [2.45, 2.75) is 20.3 Å². The van der Waals surface area contributed by atoms with Gasteiger partial charge in [0, 0.05) is 5.69 Å². The second-order valence-electron chi connectivity index (χ2n) is 3.29. The molecule has 3 heteroatoms. The predicted octanol–water partition coefficient (Wildman–Crippen LogP) is 1.62. The van der Waals surface area contributed by atoms with Crippen LogP contribution in [0.4, 0.5) is 5.69 Å². The molecule has 1 aromatic rings. The summed E-state index contributed by atoms with van der Waals surface area (Å²) in [5.74, 6) is -0.148. The Morgan fingerprint density at radius 1 is 1.36 bits per heavy atom. The molecule has 14 heavy (non-hydrogen) atoms. The maximum Gasteiger partial charge on any atom is 0.226 e. The fraction of sp³-hybridized carbons (Fsp3) is 0.364. The summed E-state index contributed by atoms with van der Waals surface area (Å²) >= 11 is 0. The lowest BCUT2D eigenvalue weighted by Crippen LogP contribution is -2.14. The van der Waals surface area contributed by atoms with Gasteiger partial charge in [0.1, 0.15) is 0 Å². The number of para-hydroxylation sites is 1. The van der Waals surface area contributed by atoms with Gasteiger partial charge < -0.3 is 10.4 Å². The van der Waals surface area contributed by atoms with Crippen LogP contribution in [0.3, 0.4) is 0 Å². The van der Waals surface area contributed by atoms with E-state index >= 15 is 0 Å². The summed E-state index contributed by atoms with van der Waals surface area (Å²) in [7, 11) is 0. The number of benzene rings is 1. The molecule has 0 aliphatic rings. The summed E-state index contributed by atoms with van der Waals surface area (Å²) in [6, 6.07) is 5.84. The van der Waals surface area contributed by atoms with E-state index in [1.807, 2.05) is 32.0 Å². The summed E-state index contributed by atoms with van der Waals surface area (Å²) in [4.78, 5) is 11.2. The number of nitrogens with one attached hydrogen (secondary N) is 1. The Morgan fingerprint density at radius 3 is 2.43 bits per heavy atom. The molecule has 1 rings (SSSR count). The van der Waals surface area contributed by atoms with Crippen molar-refractivity contribution in [3.63, 3.8) is 0 Å². The minimum Gasteiger partial charge on any atom is -0.396 e. The zero-order valence-electron chi connectivity index (χ0n) is 8.50. The average Bonchev–Trinajstić information content (AvgIpc) is 2.12. The molecule has 0 heterocycles.